The Morgan fingerprint density at radius 3 is 2.44 bits per heavy atom. The monoisotopic (exact) mass is 345 g/mol. The van der Waals surface area contributed by atoms with Crippen LogP contribution in [0.4, 0.5) is 17.2 Å². The molecule has 8 heteroatoms. The Morgan fingerprint density at radius 2 is 1.92 bits per heavy atom. The Bertz CT molecular complexity index is 735. The fourth-order valence-electron chi connectivity index (χ4n) is 2.58. The topological polar surface area (TPSA) is 93.3 Å². The molecule has 25 heavy (non-hydrogen) atoms. The van der Waals surface area contributed by atoms with Gasteiger partial charge in [-0.15, -0.1) is 0 Å². The summed E-state index contributed by atoms with van der Waals surface area (Å²) in [6.07, 6.45) is 0.192. The van der Waals surface area contributed by atoms with Crippen LogP contribution in [0.25, 0.3) is 0 Å². The maximum Gasteiger partial charge on any atom is 0.390 e. The third-order valence-corrected chi connectivity index (χ3v) is 3.99. The van der Waals surface area contributed by atoms with E-state index in [0.717, 1.165) is 24.5 Å². The second-order valence-electron chi connectivity index (χ2n) is 5.64. The molecule has 0 aliphatic carbocycles. The Labute approximate surface area is 146 Å². The summed E-state index contributed by atoms with van der Waals surface area (Å²) in [6, 6.07) is 9.09. The van der Waals surface area contributed by atoms with Crippen molar-refractivity contribution in [1.29, 1.82) is 0 Å². The number of aromatic nitrogens is 2. The molecular formula is C17H23N5O3. The summed E-state index contributed by atoms with van der Waals surface area (Å²) in [6.45, 7) is 8.07. The fraction of sp³-hybridized carbons (Fsp3) is 0.412. The molecule has 0 aliphatic rings. The Hall–Kier alpha value is -2.90. The normalized spacial score (nSPS) is 10.5. The summed E-state index contributed by atoms with van der Waals surface area (Å²) in [5.74, 6) is -0.363. The van der Waals surface area contributed by atoms with Crippen molar-refractivity contribution >= 4 is 23.1 Å². The number of hydrogen-bond acceptors (Lipinski definition) is 5. The minimum atomic E-state index is -0.541. The molecule has 1 N–H and O–H groups in total. The van der Waals surface area contributed by atoms with Gasteiger partial charge in [-0.2, -0.15) is 4.68 Å². The maximum absolute atomic E-state index is 12.1. The Balaban J connectivity index is 1.91. The van der Waals surface area contributed by atoms with Gasteiger partial charge in [0, 0.05) is 30.9 Å². The van der Waals surface area contributed by atoms with Crippen LogP contribution in [-0.4, -0.2) is 33.7 Å². The van der Waals surface area contributed by atoms with Crippen molar-refractivity contribution < 1.29 is 9.72 Å². The van der Waals surface area contributed by atoms with E-state index in [2.05, 4.69) is 29.2 Å². The van der Waals surface area contributed by atoms with Crippen LogP contribution >= 0.6 is 0 Å². The lowest BCUT2D eigenvalue weighted by Gasteiger charge is -2.21. The highest BCUT2D eigenvalue weighted by Gasteiger charge is 2.16. The summed E-state index contributed by atoms with van der Waals surface area (Å²) in [5, 5.41) is 17.4. The summed E-state index contributed by atoms with van der Waals surface area (Å²) >= 11 is 0. The van der Waals surface area contributed by atoms with Crippen molar-refractivity contribution in [2.24, 2.45) is 0 Å². The average Bonchev–Trinajstić information content (AvgIpc) is 2.97. The van der Waals surface area contributed by atoms with Gasteiger partial charge in [-0.1, -0.05) is 0 Å². The molecule has 1 aromatic carbocycles. The summed E-state index contributed by atoms with van der Waals surface area (Å²) in [5.41, 5.74) is 2.50. The SMILES string of the molecule is CCN(CC)c1ccc(NC(=O)CCn2nc([N+](=O)[O-])cc2C)cc1. The van der Waals surface area contributed by atoms with E-state index in [4.69, 9.17) is 0 Å². The van der Waals surface area contributed by atoms with E-state index in [-0.39, 0.29) is 18.1 Å². The van der Waals surface area contributed by atoms with Crippen LogP contribution < -0.4 is 10.2 Å². The van der Waals surface area contributed by atoms with E-state index in [1.807, 2.05) is 24.3 Å². The smallest absolute Gasteiger partial charge is 0.372 e. The lowest BCUT2D eigenvalue weighted by atomic mass is 10.2. The molecule has 0 bridgehead atoms. The first-order valence-electron chi connectivity index (χ1n) is 8.28. The first kappa shape index (κ1) is 18.4. The Morgan fingerprint density at radius 1 is 1.28 bits per heavy atom. The molecule has 134 valence electrons. The van der Waals surface area contributed by atoms with Gasteiger partial charge in [-0.3, -0.25) is 4.79 Å². The quantitative estimate of drug-likeness (QED) is 0.586. The van der Waals surface area contributed by atoms with Gasteiger partial charge in [0.1, 0.15) is 0 Å². The number of aryl methyl sites for hydroxylation is 2. The number of rotatable bonds is 8. The lowest BCUT2D eigenvalue weighted by molar-refractivity contribution is -0.389. The molecule has 0 atom stereocenters. The largest absolute Gasteiger partial charge is 0.390 e. The second kappa shape index (κ2) is 8.27. The van der Waals surface area contributed by atoms with Crippen molar-refractivity contribution in [3.8, 4) is 0 Å². The number of nitrogens with one attached hydrogen (secondary N) is 1. The molecule has 0 unspecified atom stereocenters. The molecule has 0 fully saturated rings. The maximum atomic E-state index is 12.1. The molecule has 1 aromatic heterocycles. The highest BCUT2D eigenvalue weighted by atomic mass is 16.6. The van der Waals surface area contributed by atoms with Gasteiger partial charge in [-0.25, -0.2) is 0 Å². The van der Waals surface area contributed by atoms with Crippen LogP contribution in [0.5, 0.6) is 0 Å². The van der Waals surface area contributed by atoms with Crippen molar-refractivity contribution in [1.82, 2.24) is 9.78 Å². The molecule has 1 heterocycles. The molecular weight excluding hydrogens is 322 g/mol. The third kappa shape index (κ3) is 4.79. The van der Waals surface area contributed by atoms with Crippen molar-refractivity contribution in [3.05, 3.63) is 46.1 Å². The zero-order valence-electron chi connectivity index (χ0n) is 14.7. The zero-order valence-corrected chi connectivity index (χ0v) is 14.7. The van der Waals surface area contributed by atoms with Gasteiger partial charge < -0.3 is 20.3 Å². The number of hydrogen-bond donors (Lipinski definition) is 1. The number of benzene rings is 1. The summed E-state index contributed by atoms with van der Waals surface area (Å²) in [7, 11) is 0. The molecule has 0 aliphatic heterocycles. The van der Waals surface area contributed by atoms with E-state index < -0.39 is 4.92 Å². The van der Waals surface area contributed by atoms with Gasteiger partial charge in [0.15, 0.2) is 0 Å². The average molecular weight is 345 g/mol. The predicted molar refractivity (Wildman–Crippen MR) is 96.9 cm³/mol. The van der Waals surface area contributed by atoms with Crippen LogP contribution in [0.15, 0.2) is 30.3 Å². The standard InChI is InChI=1S/C17H23N5O3/c1-4-20(5-2)15-8-6-14(7-9-15)18-17(23)10-11-21-13(3)12-16(19-21)22(24)25/h6-9,12H,4-5,10-11H2,1-3H3,(H,18,23). The minimum Gasteiger partial charge on any atom is -0.372 e. The van der Waals surface area contributed by atoms with E-state index in [9.17, 15) is 14.9 Å². The van der Waals surface area contributed by atoms with Gasteiger partial charge in [0.2, 0.25) is 5.91 Å². The highest BCUT2D eigenvalue weighted by molar-refractivity contribution is 5.90. The van der Waals surface area contributed by atoms with Crippen LogP contribution in [0.3, 0.4) is 0 Å². The van der Waals surface area contributed by atoms with E-state index in [1.54, 1.807) is 6.92 Å². The summed E-state index contributed by atoms with van der Waals surface area (Å²) < 4.78 is 1.47. The number of amides is 1. The van der Waals surface area contributed by atoms with Gasteiger partial charge in [0.25, 0.3) is 0 Å². The number of carbonyl (C=O) groups is 1. The fourth-order valence-corrected chi connectivity index (χ4v) is 2.58. The molecule has 8 nitrogen and oxygen atoms in total. The van der Waals surface area contributed by atoms with Crippen LogP contribution in [0, 0.1) is 17.0 Å². The first-order chi connectivity index (χ1) is 11.9. The van der Waals surface area contributed by atoms with E-state index in [0.29, 0.717) is 12.2 Å². The predicted octanol–water partition coefficient (Wildman–Crippen LogP) is 2.97. The van der Waals surface area contributed by atoms with E-state index >= 15 is 0 Å². The molecule has 0 radical (unpaired) electrons. The van der Waals surface area contributed by atoms with Crippen molar-refractivity contribution in [3.63, 3.8) is 0 Å². The van der Waals surface area contributed by atoms with E-state index in [1.165, 1.54) is 10.7 Å². The van der Waals surface area contributed by atoms with Crippen molar-refractivity contribution in [2.75, 3.05) is 23.3 Å². The van der Waals surface area contributed by atoms with Crippen LogP contribution in [-0.2, 0) is 11.3 Å². The molecule has 0 spiro atoms. The molecule has 0 saturated carbocycles. The highest BCUT2D eigenvalue weighted by Crippen LogP contribution is 2.18. The molecule has 1 amide bonds. The molecule has 2 aromatic rings. The molecule has 0 saturated heterocycles. The van der Waals surface area contributed by atoms with Gasteiger partial charge >= 0.3 is 5.82 Å². The number of anilines is 2. The van der Waals surface area contributed by atoms with Gasteiger partial charge in [0.05, 0.1) is 23.4 Å². The van der Waals surface area contributed by atoms with Crippen LogP contribution in [0.1, 0.15) is 26.0 Å². The van der Waals surface area contributed by atoms with Crippen molar-refractivity contribution in [2.45, 2.75) is 33.7 Å². The molecule has 2 rings (SSSR count). The zero-order chi connectivity index (χ0) is 18.4. The van der Waals surface area contributed by atoms with Gasteiger partial charge in [-0.05, 0) is 50.0 Å². The Kier molecular flexibility index (Phi) is 6.10. The third-order valence-electron chi connectivity index (χ3n) is 3.99. The number of nitrogens with zero attached hydrogens (tertiary/aromatic N) is 4. The number of nitro groups is 1. The lowest BCUT2D eigenvalue weighted by Crippen LogP contribution is -2.21. The summed E-state index contributed by atoms with van der Waals surface area (Å²) in [4.78, 5) is 24.5. The van der Waals surface area contributed by atoms with Crippen LogP contribution in [0.2, 0.25) is 0 Å². The first-order valence-corrected chi connectivity index (χ1v) is 8.28. The number of carbonyl (C=O) groups excluding carboxylic acids is 1. The minimum absolute atomic E-state index is 0.159. The second-order valence-corrected chi connectivity index (χ2v) is 5.64.